The molecule has 0 spiro atoms. The quantitative estimate of drug-likeness (QED) is 0.850. The van der Waals surface area contributed by atoms with Crippen molar-refractivity contribution in [3.05, 3.63) is 64.4 Å². The van der Waals surface area contributed by atoms with Gasteiger partial charge in [0.2, 0.25) is 0 Å². The van der Waals surface area contributed by atoms with Crippen molar-refractivity contribution in [3.63, 3.8) is 0 Å². The predicted octanol–water partition coefficient (Wildman–Crippen LogP) is 3.42. The molecular weight excluding hydrogens is 291 g/mol. The number of carbonyl (C=O) groups excluding carboxylic acids is 1. The predicted molar refractivity (Wildman–Crippen MR) is 82.9 cm³/mol. The Hall–Kier alpha value is -2.07. The molecule has 0 aromatic heterocycles. The summed E-state index contributed by atoms with van der Waals surface area (Å²) in [7, 11) is 0. The van der Waals surface area contributed by atoms with Crippen LogP contribution in [0.2, 0.25) is 5.02 Å². The molecule has 0 aliphatic heterocycles. The van der Waals surface area contributed by atoms with Gasteiger partial charge in [0.25, 0.3) is 5.91 Å². The van der Waals surface area contributed by atoms with Crippen molar-refractivity contribution in [2.75, 3.05) is 5.73 Å². The molecule has 21 heavy (non-hydrogen) atoms. The Morgan fingerprint density at radius 2 is 2.00 bits per heavy atom. The number of halogens is 2. The summed E-state index contributed by atoms with van der Waals surface area (Å²) in [6.45, 7) is 1.86. The van der Waals surface area contributed by atoms with Gasteiger partial charge in [-0.05, 0) is 37.1 Å². The van der Waals surface area contributed by atoms with E-state index in [9.17, 15) is 9.18 Å². The Bertz CT molecular complexity index is 660. The smallest absolute Gasteiger partial charge is 0.253 e. The molecule has 0 saturated carbocycles. The van der Waals surface area contributed by atoms with Crippen LogP contribution in [0.3, 0.4) is 0 Å². The highest BCUT2D eigenvalue weighted by Crippen LogP contribution is 2.18. The van der Waals surface area contributed by atoms with Crippen LogP contribution in [0.25, 0.3) is 0 Å². The molecule has 0 fully saturated rings. The monoisotopic (exact) mass is 306 g/mol. The summed E-state index contributed by atoms with van der Waals surface area (Å²) in [4.78, 5) is 12.1. The van der Waals surface area contributed by atoms with Gasteiger partial charge in [0.1, 0.15) is 5.82 Å². The first-order valence-electron chi connectivity index (χ1n) is 6.57. The average molecular weight is 307 g/mol. The maximum absolute atomic E-state index is 13.4. The Balaban J connectivity index is 2.06. The number of hydrogen-bond acceptors (Lipinski definition) is 2. The molecule has 0 aliphatic carbocycles. The van der Waals surface area contributed by atoms with Crippen LogP contribution >= 0.6 is 11.6 Å². The van der Waals surface area contributed by atoms with Crippen LogP contribution in [0.1, 0.15) is 22.8 Å². The molecule has 2 aromatic carbocycles. The molecule has 1 unspecified atom stereocenters. The Morgan fingerprint density at radius 3 is 2.71 bits per heavy atom. The van der Waals surface area contributed by atoms with Crippen molar-refractivity contribution in [2.24, 2.45) is 0 Å². The summed E-state index contributed by atoms with van der Waals surface area (Å²) in [5.41, 5.74) is 6.52. The average Bonchev–Trinajstić information content (AvgIpc) is 2.44. The van der Waals surface area contributed by atoms with Gasteiger partial charge in [-0.15, -0.1) is 0 Å². The summed E-state index contributed by atoms with van der Waals surface area (Å²) >= 11 is 6.09. The minimum absolute atomic E-state index is 0.139. The number of para-hydroxylation sites is 1. The van der Waals surface area contributed by atoms with Crippen LogP contribution in [-0.2, 0) is 6.42 Å². The zero-order valence-electron chi connectivity index (χ0n) is 11.6. The zero-order valence-corrected chi connectivity index (χ0v) is 12.3. The number of amides is 1. The molecule has 3 nitrogen and oxygen atoms in total. The SMILES string of the molecule is CC(Cc1ccccc1Cl)NC(=O)c1cccc(F)c1N. The second-order valence-corrected chi connectivity index (χ2v) is 5.28. The molecule has 0 radical (unpaired) electrons. The third-order valence-electron chi connectivity index (χ3n) is 3.16. The fourth-order valence-corrected chi connectivity index (χ4v) is 2.29. The maximum Gasteiger partial charge on any atom is 0.253 e. The van der Waals surface area contributed by atoms with E-state index >= 15 is 0 Å². The Labute approximate surface area is 127 Å². The lowest BCUT2D eigenvalue weighted by atomic mass is 10.1. The highest BCUT2D eigenvalue weighted by Gasteiger charge is 2.15. The van der Waals surface area contributed by atoms with E-state index in [1.54, 1.807) is 6.07 Å². The van der Waals surface area contributed by atoms with Crippen molar-refractivity contribution in [2.45, 2.75) is 19.4 Å². The summed E-state index contributed by atoms with van der Waals surface area (Å²) in [5, 5.41) is 3.45. The van der Waals surface area contributed by atoms with Crippen molar-refractivity contribution < 1.29 is 9.18 Å². The molecule has 3 N–H and O–H groups in total. The molecular formula is C16H16ClFN2O. The van der Waals surface area contributed by atoms with Crippen molar-refractivity contribution in [1.82, 2.24) is 5.32 Å². The van der Waals surface area contributed by atoms with E-state index in [1.165, 1.54) is 18.2 Å². The lowest BCUT2D eigenvalue weighted by Gasteiger charge is -2.15. The Kier molecular flexibility index (Phi) is 4.81. The van der Waals surface area contributed by atoms with Gasteiger partial charge in [0.15, 0.2) is 0 Å². The number of anilines is 1. The molecule has 0 aliphatic rings. The number of nitrogens with one attached hydrogen (secondary N) is 1. The molecule has 5 heteroatoms. The van der Waals surface area contributed by atoms with Crippen molar-refractivity contribution >= 4 is 23.2 Å². The van der Waals surface area contributed by atoms with Gasteiger partial charge in [-0.2, -0.15) is 0 Å². The minimum atomic E-state index is -0.596. The number of nitrogens with two attached hydrogens (primary N) is 1. The van der Waals surface area contributed by atoms with Crippen molar-refractivity contribution in [3.8, 4) is 0 Å². The fourth-order valence-electron chi connectivity index (χ4n) is 2.08. The maximum atomic E-state index is 13.4. The molecule has 2 rings (SSSR count). The minimum Gasteiger partial charge on any atom is -0.396 e. The number of carbonyl (C=O) groups is 1. The van der Waals surface area contributed by atoms with Gasteiger partial charge < -0.3 is 11.1 Å². The second kappa shape index (κ2) is 6.59. The Morgan fingerprint density at radius 1 is 1.29 bits per heavy atom. The zero-order chi connectivity index (χ0) is 15.4. The second-order valence-electron chi connectivity index (χ2n) is 4.87. The van der Waals surface area contributed by atoms with E-state index < -0.39 is 11.7 Å². The number of benzene rings is 2. The van der Waals surface area contributed by atoms with Crippen LogP contribution in [0, 0.1) is 5.82 Å². The van der Waals surface area contributed by atoms with Crippen molar-refractivity contribution in [1.29, 1.82) is 0 Å². The van der Waals surface area contributed by atoms with Gasteiger partial charge >= 0.3 is 0 Å². The van der Waals surface area contributed by atoms with E-state index in [4.69, 9.17) is 17.3 Å². The number of hydrogen-bond donors (Lipinski definition) is 2. The largest absolute Gasteiger partial charge is 0.396 e. The third kappa shape index (κ3) is 3.73. The van der Waals surface area contributed by atoms with E-state index in [-0.39, 0.29) is 17.3 Å². The van der Waals surface area contributed by atoms with Crippen LogP contribution in [0.15, 0.2) is 42.5 Å². The van der Waals surface area contributed by atoms with E-state index in [1.807, 2.05) is 25.1 Å². The third-order valence-corrected chi connectivity index (χ3v) is 3.53. The standard InChI is InChI=1S/C16H16ClFN2O/c1-10(9-11-5-2-3-7-13(11)17)20-16(21)12-6-4-8-14(18)15(12)19/h2-8,10H,9,19H2,1H3,(H,20,21). The first kappa shape index (κ1) is 15.3. The van der Waals surface area contributed by atoms with Crippen LogP contribution in [0.5, 0.6) is 0 Å². The van der Waals surface area contributed by atoms with E-state index in [0.29, 0.717) is 11.4 Å². The highest BCUT2D eigenvalue weighted by molar-refractivity contribution is 6.31. The molecule has 0 bridgehead atoms. The fraction of sp³-hybridized carbons (Fsp3) is 0.188. The molecule has 0 saturated heterocycles. The van der Waals surface area contributed by atoms with Crippen LogP contribution in [0.4, 0.5) is 10.1 Å². The molecule has 0 heterocycles. The summed E-state index contributed by atoms with van der Waals surface area (Å²) in [5.74, 6) is -0.993. The molecule has 2 aromatic rings. The molecule has 110 valence electrons. The van der Waals surface area contributed by atoms with Gasteiger partial charge in [-0.1, -0.05) is 35.9 Å². The lowest BCUT2D eigenvalue weighted by Crippen LogP contribution is -2.34. The van der Waals surface area contributed by atoms with Crippen LogP contribution in [-0.4, -0.2) is 11.9 Å². The van der Waals surface area contributed by atoms with Gasteiger partial charge in [-0.25, -0.2) is 4.39 Å². The summed E-state index contributed by atoms with van der Waals surface area (Å²) in [6.07, 6.45) is 0.584. The lowest BCUT2D eigenvalue weighted by molar-refractivity contribution is 0.0940. The van der Waals surface area contributed by atoms with Gasteiger partial charge in [0.05, 0.1) is 11.3 Å². The highest BCUT2D eigenvalue weighted by atomic mass is 35.5. The molecule has 1 amide bonds. The van der Waals surface area contributed by atoms with Crippen LogP contribution < -0.4 is 11.1 Å². The van der Waals surface area contributed by atoms with E-state index in [0.717, 1.165) is 5.56 Å². The van der Waals surface area contributed by atoms with Gasteiger partial charge in [0, 0.05) is 11.1 Å². The number of rotatable bonds is 4. The van der Waals surface area contributed by atoms with Gasteiger partial charge in [-0.3, -0.25) is 4.79 Å². The summed E-state index contributed by atoms with van der Waals surface area (Å²) in [6, 6.07) is 11.5. The first-order chi connectivity index (χ1) is 9.99. The first-order valence-corrected chi connectivity index (χ1v) is 6.95. The summed E-state index contributed by atoms with van der Waals surface area (Å²) < 4.78 is 13.4. The normalized spacial score (nSPS) is 12.0. The van der Waals surface area contributed by atoms with E-state index in [2.05, 4.69) is 5.32 Å². The molecule has 1 atom stereocenters. The number of nitrogen functional groups attached to an aromatic ring is 1. The topological polar surface area (TPSA) is 55.1 Å².